The Bertz CT molecular complexity index is 659. The van der Waals surface area contributed by atoms with Crippen molar-refractivity contribution >= 4 is 21.4 Å². The smallest absolute Gasteiger partial charge is 0.271 e. The van der Waals surface area contributed by atoms with E-state index in [1.54, 1.807) is 6.92 Å². The number of nitro benzene ring substituents is 1. The molecule has 0 bridgehead atoms. The summed E-state index contributed by atoms with van der Waals surface area (Å²) >= 11 is 0. The van der Waals surface area contributed by atoms with Crippen LogP contribution in [0.2, 0.25) is 0 Å². The molecule has 0 aromatic heterocycles. The molecule has 0 fully saturated rings. The molecule has 20 heavy (non-hydrogen) atoms. The van der Waals surface area contributed by atoms with Gasteiger partial charge >= 0.3 is 0 Å². The number of anilines is 1. The topological polar surface area (TPSA) is 110 Å². The summed E-state index contributed by atoms with van der Waals surface area (Å²) in [6.07, 6.45) is 0.999. The van der Waals surface area contributed by atoms with Gasteiger partial charge in [0.25, 0.3) is 5.69 Å². The molecule has 0 amide bonds. The van der Waals surface area contributed by atoms with Crippen LogP contribution < -0.4 is 9.04 Å². The van der Waals surface area contributed by atoms with Crippen molar-refractivity contribution in [1.29, 1.82) is 0 Å². The fourth-order valence-electron chi connectivity index (χ4n) is 1.97. The molecule has 0 saturated heterocycles. The lowest BCUT2D eigenvalue weighted by Crippen LogP contribution is -2.53. The number of rotatable bonds is 3. The molecule has 110 valence electrons. The summed E-state index contributed by atoms with van der Waals surface area (Å²) in [6.45, 7) is 1.07. The van der Waals surface area contributed by atoms with Crippen LogP contribution in [0.15, 0.2) is 18.2 Å². The third-order valence-electron chi connectivity index (χ3n) is 2.99. The number of sulfonamides is 1. The third-order valence-corrected chi connectivity index (χ3v) is 4.12. The second kappa shape index (κ2) is 4.60. The SMILES string of the molecule is CC1(CO)CN(S(C)(=O)=O)c2cc([N+](=O)[O-])ccc2O1. The standard InChI is InChI=1S/C11H14N2O6S/c1-11(7-14)6-12(20(2,17)18)9-5-8(13(15)16)3-4-10(9)19-11/h3-5,14H,6-7H2,1-2H3. The molecular formula is C11H14N2O6S. The van der Waals surface area contributed by atoms with E-state index in [-0.39, 0.29) is 30.3 Å². The number of fused-ring (bicyclic) bond motifs is 1. The van der Waals surface area contributed by atoms with Crippen molar-refractivity contribution < 1.29 is 23.2 Å². The average Bonchev–Trinajstić information content (AvgIpc) is 2.36. The molecule has 0 radical (unpaired) electrons. The van der Waals surface area contributed by atoms with E-state index in [9.17, 15) is 23.6 Å². The molecule has 0 spiro atoms. The Kier molecular flexibility index (Phi) is 3.34. The Labute approximate surface area is 115 Å². The van der Waals surface area contributed by atoms with E-state index in [4.69, 9.17) is 4.74 Å². The Morgan fingerprint density at radius 1 is 1.55 bits per heavy atom. The molecule has 1 aromatic rings. The predicted molar refractivity (Wildman–Crippen MR) is 71.4 cm³/mol. The van der Waals surface area contributed by atoms with Crippen LogP contribution in [-0.2, 0) is 10.0 Å². The maximum absolute atomic E-state index is 11.9. The van der Waals surface area contributed by atoms with Gasteiger partial charge in [0.2, 0.25) is 10.0 Å². The van der Waals surface area contributed by atoms with Crippen molar-refractivity contribution in [2.45, 2.75) is 12.5 Å². The summed E-state index contributed by atoms with van der Waals surface area (Å²) in [5.41, 5.74) is -1.21. The van der Waals surface area contributed by atoms with Gasteiger partial charge in [0, 0.05) is 12.1 Å². The maximum atomic E-state index is 11.9. The monoisotopic (exact) mass is 302 g/mol. The Hall–Kier alpha value is -1.87. The molecule has 1 aromatic carbocycles. The van der Waals surface area contributed by atoms with Gasteiger partial charge < -0.3 is 9.84 Å². The molecule has 0 aliphatic carbocycles. The quantitative estimate of drug-likeness (QED) is 0.643. The summed E-state index contributed by atoms with van der Waals surface area (Å²) in [5.74, 6) is 0.184. The fraction of sp³-hybridized carbons (Fsp3) is 0.455. The van der Waals surface area contributed by atoms with Gasteiger partial charge in [0.1, 0.15) is 17.0 Å². The number of hydrogen-bond acceptors (Lipinski definition) is 6. The van der Waals surface area contributed by atoms with E-state index in [0.29, 0.717) is 0 Å². The van der Waals surface area contributed by atoms with Crippen molar-refractivity contribution in [3.63, 3.8) is 0 Å². The maximum Gasteiger partial charge on any atom is 0.271 e. The summed E-state index contributed by atoms with van der Waals surface area (Å²) in [7, 11) is -3.64. The number of nitrogens with zero attached hydrogens (tertiary/aromatic N) is 2. The van der Waals surface area contributed by atoms with Crippen molar-refractivity contribution in [3.8, 4) is 5.75 Å². The molecule has 8 nitrogen and oxygen atoms in total. The Morgan fingerprint density at radius 3 is 2.70 bits per heavy atom. The summed E-state index contributed by atoms with van der Waals surface area (Å²) in [6, 6.07) is 3.70. The number of ether oxygens (including phenoxy) is 1. The van der Waals surface area contributed by atoms with E-state index >= 15 is 0 Å². The lowest BCUT2D eigenvalue weighted by Gasteiger charge is -2.40. The third kappa shape index (κ3) is 2.54. The van der Waals surface area contributed by atoms with E-state index in [2.05, 4.69) is 0 Å². The van der Waals surface area contributed by atoms with Crippen LogP contribution in [-0.4, -0.2) is 43.5 Å². The molecular weight excluding hydrogens is 288 g/mol. The van der Waals surface area contributed by atoms with Gasteiger partial charge in [-0.2, -0.15) is 0 Å². The number of hydrogen-bond donors (Lipinski definition) is 1. The second-order valence-corrected chi connectivity index (χ2v) is 6.80. The molecule has 2 rings (SSSR count). The van der Waals surface area contributed by atoms with E-state index in [1.165, 1.54) is 12.1 Å². The highest BCUT2D eigenvalue weighted by Gasteiger charge is 2.39. The molecule has 1 N–H and O–H groups in total. The lowest BCUT2D eigenvalue weighted by atomic mass is 10.1. The van der Waals surface area contributed by atoms with Crippen molar-refractivity contribution in [2.75, 3.05) is 23.7 Å². The average molecular weight is 302 g/mol. The minimum absolute atomic E-state index is 0.104. The van der Waals surface area contributed by atoms with Gasteiger partial charge in [-0.3, -0.25) is 14.4 Å². The summed E-state index contributed by atoms with van der Waals surface area (Å²) < 4.78 is 30.3. The van der Waals surface area contributed by atoms with E-state index < -0.39 is 20.5 Å². The lowest BCUT2D eigenvalue weighted by molar-refractivity contribution is -0.384. The van der Waals surface area contributed by atoms with Crippen LogP contribution >= 0.6 is 0 Å². The minimum Gasteiger partial charge on any atom is -0.481 e. The van der Waals surface area contributed by atoms with Crippen LogP contribution in [0.5, 0.6) is 5.75 Å². The zero-order valence-electron chi connectivity index (χ0n) is 10.9. The predicted octanol–water partition coefficient (Wildman–Crippen LogP) is 0.504. The summed E-state index contributed by atoms with van der Waals surface area (Å²) in [4.78, 5) is 10.2. The van der Waals surface area contributed by atoms with Crippen LogP contribution in [0.25, 0.3) is 0 Å². The first-order chi connectivity index (χ1) is 9.16. The van der Waals surface area contributed by atoms with Crippen molar-refractivity contribution in [3.05, 3.63) is 28.3 Å². The first-order valence-corrected chi connectivity index (χ1v) is 7.57. The molecule has 1 atom stereocenters. The highest BCUT2D eigenvalue weighted by atomic mass is 32.2. The number of aliphatic hydroxyl groups excluding tert-OH is 1. The van der Waals surface area contributed by atoms with Crippen LogP contribution in [0.3, 0.4) is 0 Å². The molecule has 9 heteroatoms. The normalized spacial score (nSPS) is 22.1. The van der Waals surface area contributed by atoms with Crippen LogP contribution in [0.4, 0.5) is 11.4 Å². The zero-order chi connectivity index (χ0) is 15.1. The number of nitro groups is 1. The van der Waals surface area contributed by atoms with Gasteiger partial charge in [0.05, 0.1) is 24.3 Å². The highest BCUT2D eigenvalue weighted by Crippen LogP contribution is 2.40. The largest absolute Gasteiger partial charge is 0.481 e. The van der Waals surface area contributed by atoms with Gasteiger partial charge in [-0.15, -0.1) is 0 Å². The number of non-ortho nitro benzene ring substituents is 1. The first-order valence-electron chi connectivity index (χ1n) is 5.72. The first kappa shape index (κ1) is 14.5. The fourth-order valence-corrected chi connectivity index (χ4v) is 2.97. The van der Waals surface area contributed by atoms with Crippen LogP contribution in [0, 0.1) is 10.1 Å². The molecule has 1 heterocycles. The number of aliphatic hydroxyl groups is 1. The van der Waals surface area contributed by atoms with E-state index in [1.807, 2.05) is 0 Å². The zero-order valence-corrected chi connectivity index (χ0v) is 11.8. The van der Waals surface area contributed by atoms with Crippen molar-refractivity contribution in [1.82, 2.24) is 0 Å². The van der Waals surface area contributed by atoms with Gasteiger partial charge in [-0.05, 0) is 13.0 Å². The molecule has 0 saturated carbocycles. The van der Waals surface area contributed by atoms with Gasteiger partial charge in [-0.25, -0.2) is 8.42 Å². The highest BCUT2D eigenvalue weighted by molar-refractivity contribution is 7.92. The molecule has 1 unspecified atom stereocenters. The minimum atomic E-state index is -3.64. The van der Waals surface area contributed by atoms with Crippen LogP contribution in [0.1, 0.15) is 6.92 Å². The van der Waals surface area contributed by atoms with Gasteiger partial charge in [0.15, 0.2) is 0 Å². The Morgan fingerprint density at radius 2 is 2.20 bits per heavy atom. The van der Waals surface area contributed by atoms with Gasteiger partial charge in [-0.1, -0.05) is 0 Å². The van der Waals surface area contributed by atoms with Crippen molar-refractivity contribution in [2.24, 2.45) is 0 Å². The molecule has 1 aliphatic rings. The molecule has 1 aliphatic heterocycles. The van der Waals surface area contributed by atoms with E-state index in [0.717, 1.165) is 16.6 Å². The Balaban J connectivity index is 2.61. The number of benzene rings is 1. The summed E-state index contributed by atoms with van der Waals surface area (Å²) in [5, 5.41) is 20.1. The second-order valence-electron chi connectivity index (χ2n) is 4.89.